The van der Waals surface area contributed by atoms with E-state index in [1.165, 1.54) is 5.56 Å². The van der Waals surface area contributed by atoms with E-state index in [1.54, 1.807) is 13.8 Å². The van der Waals surface area contributed by atoms with Crippen molar-refractivity contribution in [3.8, 4) is 0 Å². The molecular formula is C10H16N2. The van der Waals surface area contributed by atoms with Crippen LogP contribution in [0.15, 0.2) is 30.3 Å². The summed E-state index contributed by atoms with van der Waals surface area (Å²) in [5.74, 6) is 0. The number of nitrogens with two attached hydrogens (primary N) is 1. The zero-order valence-corrected chi connectivity index (χ0v) is 7.67. The molecule has 0 heterocycles. The molecule has 0 aliphatic heterocycles. The number of nitrogens with one attached hydrogen (secondary N) is 1. The van der Waals surface area contributed by atoms with E-state index in [9.17, 15) is 0 Å². The predicted octanol–water partition coefficient (Wildman–Crippen LogP) is 2.19. The van der Waals surface area contributed by atoms with E-state index >= 15 is 0 Å². The summed E-state index contributed by atoms with van der Waals surface area (Å²) in [4.78, 5) is 0. The molecule has 2 nitrogen and oxygen atoms in total. The normalized spacial score (nSPS) is 8.25. The molecule has 1 aromatic carbocycles. The van der Waals surface area contributed by atoms with Gasteiger partial charge in [-0.05, 0) is 19.4 Å². The van der Waals surface area contributed by atoms with Crippen LogP contribution >= 0.6 is 0 Å². The van der Waals surface area contributed by atoms with Crippen molar-refractivity contribution in [3.63, 3.8) is 0 Å². The Labute approximate surface area is 73.9 Å². The lowest BCUT2D eigenvalue weighted by Crippen LogP contribution is -1.94. The maximum atomic E-state index is 6.50. The van der Waals surface area contributed by atoms with Gasteiger partial charge in [0.05, 0.1) is 0 Å². The number of hydrogen-bond acceptors (Lipinski definition) is 2. The Hall–Kier alpha value is -1.15. The minimum Gasteiger partial charge on any atom is -0.326 e. The summed E-state index contributed by atoms with van der Waals surface area (Å²) in [6, 6.07) is 9.99. The molecule has 0 aromatic heterocycles. The average molecular weight is 164 g/mol. The maximum absolute atomic E-state index is 6.50. The van der Waals surface area contributed by atoms with Crippen LogP contribution in [-0.2, 0) is 6.54 Å². The highest BCUT2D eigenvalue weighted by molar-refractivity contribution is 5.75. The number of benzene rings is 1. The second kappa shape index (κ2) is 6.55. The van der Waals surface area contributed by atoms with Gasteiger partial charge in [-0.15, -0.1) is 0 Å². The van der Waals surface area contributed by atoms with Crippen LogP contribution in [0.1, 0.15) is 19.4 Å². The molecule has 0 aliphatic rings. The Morgan fingerprint density at radius 3 is 1.92 bits per heavy atom. The lowest BCUT2D eigenvalue weighted by Gasteiger charge is -1.90. The Morgan fingerprint density at radius 2 is 1.67 bits per heavy atom. The fraction of sp³-hybridized carbons (Fsp3) is 0.300. The van der Waals surface area contributed by atoms with Crippen LogP contribution in [-0.4, -0.2) is 5.71 Å². The second-order valence-corrected chi connectivity index (χ2v) is 2.69. The Kier molecular flexibility index (Phi) is 5.93. The van der Waals surface area contributed by atoms with Gasteiger partial charge in [-0.25, -0.2) is 0 Å². The number of rotatable bonds is 1. The van der Waals surface area contributed by atoms with E-state index in [4.69, 9.17) is 11.1 Å². The van der Waals surface area contributed by atoms with Crippen molar-refractivity contribution in [2.24, 2.45) is 5.73 Å². The summed E-state index contributed by atoms with van der Waals surface area (Å²) in [6.45, 7) is 4.14. The van der Waals surface area contributed by atoms with Gasteiger partial charge in [-0.2, -0.15) is 0 Å². The molecule has 1 aromatic rings. The van der Waals surface area contributed by atoms with Gasteiger partial charge in [0.2, 0.25) is 0 Å². The molecule has 0 atom stereocenters. The molecule has 2 heteroatoms. The molecule has 0 saturated heterocycles. The SMILES string of the molecule is CC(C)=N.NCc1ccccc1. The first-order valence-electron chi connectivity index (χ1n) is 3.92. The molecule has 0 spiro atoms. The Balaban J connectivity index is 0.000000261. The van der Waals surface area contributed by atoms with Crippen LogP contribution < -0.4 is 5.73 Å². The topological polar surface area (TPSA) is 49.9 Å². The third-order valence-corrected chi connectivity index (χ3v) is 1.08. The Morgan fingerprint density at radius 1 is 1.25 bits per heavy atom. The average Bonchev–Trinajstić information content (AvgIpc) is 2.05. The molecule has 0 bridgehead atoms. The molecular weight excluding hydrogens is 148 g/mol. The van der Waals surface area contributed by atoms with E-state index in [1.807, 2.05) is 30.3 Å². The molecule has 0 saturated carbocycles. The highest BCUT2D eigenvalue weighted by Crippen LogP contribution is 1.94. The molecule has 0 unspecified atom stereocenters. The zero-order chi connectivity index (χ0) is 9.40. The smallest absolute Gasteiger partial charge is 0.0178 e. The quantitative estimate of drug-likeness (QED) is 0.614. The minimum atomic E-state index is 0.640. The van der Waals surface area contributed by atoms with Gasteiger partial charge in [0.25, 0.3) is 0 Å². The third-order valence-electron chi connectivity index (χ3n) is 1.08. The molecule has 0 radical (unpaired) electrons. The molecule has 12 heavy (non-hydrogen) atoms. The fourth-order valence-corrected chi connectivity index (χ4v) is 0.614. The zero-order valence-electron chi connectivity index (χ0n) is 7.67. The van der Waals surface area contributed by atoms with E-state index in [0.29, 0.717) is 12.3 Å². The molecule has 66 valence electrons. The standard InChI is InChI=1S/C7H9N.C3H7N/c8-6-7-4-2-1-3-5-7;1-3(2)4/h1-5H,6,8H2;4H,1-2H3. The van der Waals surface area contributed by atoms with Crippen molar-refractivity contribution in [1.29, 1.82) is 5.41 Å². The van der Waals surface area contributed by atoms with Gasteiger partial charge in [0.15, 0.2) is 0 Å². The lowest BCUT2D eigenvalue weighted by molar-refractivity contribution is 1.07. The third kappa shape index (κ3) is 6.96. The van der Waals surface area contributed by atoms with Gasteiger partial charge in [-0.1, -0.05) is 30.3 Å². The van der Waals surface area contributed by atoms with Crippen LogP contribution in [0.25, 0.3) is 0 Å². The summed E-state index contributed by atoms with van der Waals surface area (Å²) in [7, 11) is 0. The highest BCUT2D eigenvalue weighted by Gasteiger charge is 1.80. The highest BCUT2D eigenvalue weighted by atomic mass is 14.5. The van der Waals surface area contributed by atoms with Crippen molar-refractivity contribution < 1.29 is 0 Å². The molecule has 0 aliphatic carbocycles. The van der Waals surface area contributed by atoms with Crippen molar-refractivity contribution in [2.75, 3.05) is 0 Å². The van der Waals surface area contributed by atoms with E-state index < -0.39 is 0 Å². The first-order valence-corrected chi connectivity index (χ1v) is 3.92. The first kappa shape index (κ1) is 10.8. The summed E-state index contributed by atoms with van der Waals surface area (Å²) in [5, 5.41) is 6.50. The summed E-state index contributed by atoms with van der Waals surface area (Å²) in [6.07, 6.45) is 0. The van der Waals surface area contributed by atoms with E-state index in [-0.39, 0.29) is 0 Å². The second-order valence-electron chi connectivity index (χ2n) is 2.69. The molecule has 1 rings (SSSR count). The fourth-order valence-electron chi connectivity index (χ4n) is 0.614. The van der Waals surface area contributed by atoms with Crippen molar-refractivity contribution >= 4 is 5.71 Å². The van der Waals surface area contributed by atoms with Crippen molar-refractivity contribution in [2.45, 2.75) is 20.4 Å². The van der Waals surface area contributed by atoms with Gasteiger partial charge in [0, 0.05) is 12.3 Å². The number of hydrogen-bond donors (Lipinski definition) is 2. The summed E-state index contributed by atoms with van der Waals surface area (Å²) < 4.78 is 0. The van der Waals surface area contributed by atoms with Crippen LogP contribution in [0.3, 0.4) is 0 Å². The maximum Gasteiger partial charge on any atom is 0.0178 e. The first-order chi connectivity index (χ1) is 5.66. The van der Waals surface area contributed by atoms with Crippen molar-refractivity contribution in [3.05, 3.63) is 35.9 Å². The largest absolute Gasteiger partial charge is 0.326 e. The summed E-state index contributed by atoms with van der Waals surface area (Å²) >= 11 is 0. The van der Waals surface area contributed by atoms with Crippen LogP contribution in [0.4, 0.5) is 0 Å². The van der Waals surface area contributed by atoms with Crippen LogP contribution in [0, 0.1) is 5.41 Å². The van der Waals surface area contributed by atoms with Gasteiger partial charge < -0.3 is 11.1 Å². The minimum absolute atomic E-state index is 0.640. The van der Waals surface area contributed by atoms with Gasteiger partial charge in [-0.3, -0.25) is 0 Å². The molecule has 3 N–H and O–H groups in total. The summed E-state index contributed by atoms with van der Waals surface area (Å²) in [5.41, 5.74) is 7.20. The van der Waals surface area contributed by atoms with Crippen LogP contribution in [0.5, 0.6) is 0 Å². The van der Waals surface area contributed by atoms with E-state index in [0.717, 1.165) is 0 Å². The Bertz CT molecular complexity index is 213. The van der Waals surface area contributed by atoms with E-state index in [2.05, 4.69) is 0 Å². The van der Waals surface area contributed by atoms with Gasteiger partial charge >= 0.3 is 0 Å². The van der Waals surface area contributed by atoms with Crippen molar-refractivity contribution in [1.82, 2.24) is 0 Å². The van der Waals surface area contributed by atoms with Gasteiger partial charge in [0.1, 0.15) is 0 Å². The van der Waals surface area contributed by atoms with Crippen LogP contribution in [0.2, 0.25) is 0 Å². The molecule has 0 amide bonds. The lowest BCUT2D eigenvalue weighted by atomic mass is 10.2. The monoisotopic (exact) mass is 164 g/mol. The molecule has 0 fully saturated rings. The predicted molar refractivity (Wildman–Crippen MR) is 53.4 cm³/mol.